The molecule has 1 fully saturated rings. The van der Waals surface area contributed by atoms with Crippen LogP contribution in [0.25, 0.3) is 0 Å². The summed E-state index contributed by atoms with van der Waals surface area (Å²) in [7, 11) is 0. The highest BCUT2D eigenvalue weighted by molar-refractivity contribution is 4.91. The van der Waals surface area contributed by atoms with E-state index in [9.17, 15) is 0 Å². The second kappa shape index (κ2) is 3.09. The first-order valence-corrected chi connectivity index (χ1v) is 4.29. The fourth-order valence-corrected chi connectivity index (χ4v) is 1.66. The quantitative estimate of drug-likeness (QED) is 0.671. The molecule has 2 heteroatoms. The number of rotatable bonds is 2. The zero-order valence-electron chi connectivity index (χ0n) is 6.66. The highest BCUT2D eigenvalue weighted by atomic mass is 15.0. The van der Waals surface area contributed by atoms with Crippen molar-refractivity contribution in [3.63, 3.8) is 0 Å². The molecular weight excluding hydrogens is 136 g/mol. The van der Waals surface area contributed by atoms with Crippen LogP contribution in [0.5, 0.6) is 0 Å². The van der Waals surface area contributed by atoms with Crippen LogP contribution in [-0.4, -0.2) is 17.2 Å². The number of nitrogens with zero attached hydrogens (tertiary/aromatic N) is 1. The molecule has 0 spiro atoms. The van der Waals surface area contributed by atoms with E-state index in [1.807, 2.05) is 0 Å². The third-order valence-electron chi connectivity index (χ3n) is 2.26. The molecule has 0 saturated carbocycles. The molecule has 0 radical (unpaired) electrons. The molecule has 1 N–H and O–H groups in total. The smallest absolute Gasteiger partial charge is 0.0373 e. The Morgan fingerprint density at radius 2 is 2.18 bits per heavy atom. The summed E-state index contributed by atoms with van der Waals surface area (Å²) in [5.74, 6) is 0. The average Bonchev–Trinajstić information content (AvgIpc) is 2.60. The van der Waals surface area contributed by atoms with Crippen molar-refractivity contribution in [1.82, 2.24) is 9.88 Å². The Kier molecular flexibility index (Phi) is 1.95. The molecule has 0 amide bonds. The largest absolute Gasteiger partial charge is 0.353 e. The summed E-state index contributed by atoms with van der Waals surface area (Å²) in [5.41, 5.74) is 0. The van der Waals surface area contributed by atoms with Crippen LogP contribution in [-0.2, 0) is 6.54 Å². The molecule has 60 valence electrons. The Bertz CT molecular complexity index is 197. The average molecular weight is 150 g/mol. The van der Waals surface area contributed by atoms with E-state index in [4.69, 9.17) is 0 Å². The zero-order chi connectivity index (χ0) is 7.52. The van der Waals surface area contributed by atoms with Crippen molar-refractivity contribution in [2.75, 3.05) is 6.54 Å². The second-order valence-corrected chi connectivity index (χ2v) is 3.17. The van der Waals surface area contributed by atoms with Crippen LogP contribution in [0.3, 0.4) is 0 Å². The summed E-state index contributed by atoms with van der Waals surface area (Å²) in [6.45, 7) is 2.33. The molecule has 2 nitrogen and oxygen atoms in total. The van der Waals surface area contributed by atoms with Gasteiger partial charge in [-0.25, -0.2) is 0 Å². The highest BCUT2D eigenvalue weighted by Crippen LogP contribution is 2.07. The molecule has 2 heterocycles. The van der Waals surface area contributed by atoms with Gasteiger partial charge in [0.25, 0.3) is 0 Å². The van der Waals surface area contributed by atoms with E-state index in [0.29, 0.717) is 6.04 Å². The molecule has 1 saturated heterocycles. The van der Waals surface area contributed by atoms with Crippen molar-refractivity contribution < 1.29 is 0 Å². The molecule has 1 aliphatic heterocycles. The maximum Gasteiger partial charge on any atom is 0.0373 e. The summed E-state index contributed by atoms with van der Waals surface area (Å²) >= 11 is 0. The molecule has 0 unspecified atom stereocenters. The summed E-state index contributed by atoms with van der Waals surface area (Å²) in [6.07, 6.45) is 6.92. The van der Waals surface area contributed by atoms with Crippen LogP contribution in [0.15, 0.2) is 24.5 Å². The van der Waals surface area contributed by atoms with Crippen LogP contribution in [0, 0.1) is 0 Å². The lowest BCUT2D eigenvalue weighted by atomic mass is 10.2. The van der Waals surface area contributed by atoms with Gasteiger partial charge in [0.1, 0.15) is 0 Å². The second-order valence-electron chi connectivity index (χ2n) is 3.17. The Morgan fingerprint density at radius 3 is 2.82 bits per heavy atom. The minimum Gasteiger partial charge on any atom is -0.353 e. The van der Waals surface area contributed by atoms with Crippen molar-refractivity contribution in [2.24, 2.45) is 0 Å². The highest BCUT2D eigenvalue weighted by Gasteiger charge is 2.13. The number of aromatic nitrogens is 1. The van der Waals surface area contributed by atoms with E-state index < -0.39 is 0 Å². The summed E-state index contributed by atoms with van der Waals surface area (Å²) in [6, 6.07) is 4.87. The van der Waals surface area contributed by atoms with Crippen LogP contribution in [0.1, 0.15) is 12.8 Å². The monoisotopic (exact) mass is 150 g/mol. The third-order valence-corrected chi connectivity index (χ3v) is 2.26. The fourth-order valence-electron chi connectivity index (χ4n) is 1.66. The van der Waals surface area contributed by atoms with Crippen molar-refractivity contribution >= 4 is 0 Å². The predicted molar refractivity (Wildman–Crippen MR) is 45.5 cm³/mol. The number of hydrogen-bond acceptors (Lipinski definition) is 1. The summed E-state index contributed by atoms with van der Waals surface area (Å²) in [5, 5.41) is 3.47. The molecular formula is C9H14N2. The van der Waals surface area contributed by atoms with Gasteiger partial charge in [0.05, 0.1) is 0 Å². The minimum atomic E-state index is 0.711. The van der Waals surface area contributed by atoms with Gasteiger partial charge in [-0.2, -0.15) is 0 Å². The lowest BCUT2D eigenvalue weighted by molar-refractivity contribution is 0.511. The number of nitrogens with one attached hydrogen (secondary N) is 1. The lowest BCUT2D eigenvalue weighted by Crippen LogP contribution is -2.26. The predicted octanol–water partition coefficient (Wildman–Crippen LogP) is 1.24. The Hall–Kier alpha value is -0.760. The first-order valence-electron chi connectivity index (χ1n) is 4.29. The molecule has 1 aliphatic rings. The SMILES string of the molecule is c1ccn(C[C@@H]2CCCN2)c1. The first kappa shape index (κ1) is 6.92. The van der Waals surface area contributed by atoms with Crippen LogP contribution in [0.2, 0.25) is 0 Å². The third kappa shape index (κ3) is 1.63. The Morgan fingerprint density at radius 1 is 1.36 bits per heavy atom. The van der Waals surface area contributed by atoms with E-state index in [1.165, 1.54) is 19.4 Å². The lowest BCUT2D eigenvalue weighted by Gasteiger charge is -2.10. The molecule has 2 rings (SSSR count). The van der Waals surface area contributed by atoms with Crippen LogP contribution >= 0.6 is 0 Å². The van der Waals surface area contributed by atoms with Crippen molar-refractivity contribution in [2.45, 2.75) is 25.4 Å². The van der Waals surface area contributed by atoms with Crippen molar-refractivity contribution in [3.05, 3.63) is 24.5 Å². The number of hydrogen-bond donors (Lipinski definition) is 1. The van der Waals surface area contributed by atoms with E-state index in [1.54, 1.807) is 0 Å². The maximum absolute atomic E-state index is 3.47. The van der Waals surface area contributed by atoms with Gasteiger partial charge < -0.3 is 9.88 Å². The standard InChI is InChI=1S/C9H14N2/c1-2-7-11(6-1)8-9-4-3-5-10-9/h1-2,6-7,9-10H,3-5,8H2/t9-/m0/s1. The molecule has 1 aromatic rings. The maximum atomic E-state index is 3.47. The van der Waals surface area contributed by atoms with Gasteiger partial charge in [0.15, 0.2) is 0 Å². The van der Waals surface area contributed by atoms with Gasteiger partial charge in [-0.1, -0.05) is 0 Å². The fraction of sp³-hybridized carbons (Fsp3) is 0.556. The van der Waals surface area contributed by atoms with E-state index in [2.05, 4.69) is 34.4 Å². The van der Waals surface area contributed by atoms with Gasteiger partial charge in [0.2, 0.25) is 0 Å². The van der Waals surface area contributed by atoms with Gasteiger partial charge in [0, 0.05) is 25.0 Å². The zero-order valence-corrected chi connectivity index (χ0v) is 6.66. The molecule has 0 bridgehead atoms. The molecule has 0 aromatic carbocycles. The van der Waals surface area contributed by atoms with E-state index >= 15 is 0 Å². The molecule has 1 atom stereocenters. The van der Waals surface area contributed by atoms with Crippen LogP contribution < -0.4 is 5.32 Å². The van der Waals surface area contributed by atoms with E-state index in [-0.39, 0.29) is 0 Å². The molecule has 11 heavy (non-hydrogen) atoms. The Balaban J connectivity index is 1.90. The van der Waals surface area contributed by atoms with Gasteiger partial charge >= 0.3 is 0 Å². The van der Waals surface area contributed by atoms with Gasteiger partial charge in [-0.05, 0) is 31.5 Å². The minimum absolute atomic E-state index is 0.711. The Labute approximate surface area is 67.2 Å². The summed E-state index contributed by atoms with van der Waals surface area (Å²) in [4.78, 5) is 0. The molecule has 0 aliphatic carbocycles. The van der Waals surface area contributed by atoms with Crippen molar-refractivity contribution in [3.8, 4) is 0 Å². The van der Waals surface area contributed by atoms with Crippen molar-refractivity contribution in [1.29, 1.82) is 0 Å². The van der Waals surface area contributed by atoms with Gasteiger partial charge in [-0.3, -0.25) is 0 Å². The van der Waals surface area contributed by atoms with Crippen LogP contribution in [0.4, 0.5) is 0 Å². The topological polar surface area (TPSA) is 17.0 Å². The first-order chi connectivity index (χ1) is 5.45. The molecule has 1 aromatic heterocycles. The normalized spacial score (nSPS) is 24.2. The summed E-state index contributed by atoms with van der Waals surface area (Å²) < 4.78 is 2.24. The van der Waals surface area contributed by atoms with Gasteiger partial charge in [-0.15, -0.1) is 0 Å². The van der Waals surface area contributed by atoms with E-state index in [0.717, 1.165) is 6.54 Å².